The standard InChI is InChI=1S/C10H10N2O5S/c13-9-6-12(18(16,17)11-9)5-7-1-3-8(4-2-7)10(14)15/h1-4,6,11,13H,5H2,(H,14,15). The summed E-state index contributed by atoms with van der Waals surface area (Å²) in [5.74, 6) is -1.49. The van der Waals surface area contributed by atoms with E-state index in [1.807, 2.05) is 4.72 Å². The monoisotopic (exact) mass is 270 g/mol. The fraction of sp³-hybridized carbons (Fsp3) is 0.100. The van der Waals surface area contributed by atoms with E-state index in [0.29, 0.717) is 5.56 Å². The van der Waals surface area contributed by atoms with Crippen LogP contribution in [0.2, 0.25) is 0 Å². The zero-order valence-corrected chi connectivity index (χ0v) is 9.88. The van der Waals surface area contributed by atoms with Gasteiger partial charge in [0.1, 0.15) is 0 Å². The highest BCUT2D eigenvalue weighted by Crippen LogP contribution is 2.15. The van der Waals surface area contributed by atoms with Gasteiger partial charge in [-0.2, -0.15) is 8.42 Å². The van der Waals surface area contributed by atoms with Gasteiger partial charge in [-0.1, -0.05) is 12.1 Å². The number of aliphatic hydroxyl groups excluding tert-OH is 1. The zero-order chi connectivity index (χ0) is 13.3. The molecule has 0 unspecified atom stereocenters. The predicted molar refractivity (Wildman–Crippen MR) is 61.7 cm³/mol. The summed E-state index contributed by atoms with van der Waals surface area (Å²) in [7, 11) is -3.74. The maximum atomic E-state index is 11.5. The number of carboxylic acid groups (broad SMARTS) is 1. The van der Waals surface area contributed by atoms with E-state index in [-0.39, 0.29) is 12.1 Å². The molecule has 7 nitrogen and oxygen atoms in total. The minimum absolute atomic E-state index is 0.0132. The lowest BCUT2D eigenvalue weighted by molar-refractivity contribution is 0.0697. The van der Waals surface area contributed by atoms with E-state index in [1.165, 1.54) is 24.3 Å². The quantitative estimate of drug-likeness (QED) is 0.736. The molecule has 18 heavy (non-hydrogen) atoms. The number of nitrogens with zero attached hydrogens (tertiary/aromatic N) is 1. The van der Waals surface area contributed by atoms with Crippen LogP contribution in [0, 0.1) is 0 Å². The molecule has 96 valence electrons. The number of carboxylic acids is 1. The fourth-order valence-corrected chi connectivity index (χ4v) is 2.48. The molecule has 0 bridgehead atoms. The van der Waals surface area contributed by atoms with Crippen molar-refractivity contribution in [1.82, 2.24) is 9.03 Å². The van der Waals surface area contributed by atoms with Gasteiger partial charge in [-0.25, -0.2) is 9.52 Å². The van der Waals surface area contributed by atoms with Gasteiger partial charge in [-0.15, -0.1) is 0 Å². The zero-order valence-electron chi connectivity index (χ0n) is 9.07. The van der Waals surface area contributed by atoms with Gasteiger partial charge in [0.25, 0.3) is 0 Å². The molecule has 0 amide bonds. The minimum Gasteiger partial charge on any atom is -0.493 e. The molecule has 0 aromatic heterocycles. The average molecular weight is 270 g/mol. The summed E-state index contributed by atoms with van der Waals surface area (Å²) in [6, 6.07) is 5.80. The molecule has 8 heteroatoms. The van der Waals surface area contributed by atoms with Crippen molar-refractivity contribution in [1.29, 1.82) is 0 Å². The van der Waals surface area contributed by atoms with E-state index < -0.39 is 22.1 Å². The molecule has 1 heterocycles. The van der Waals surface area contributed by atoms with Crippen molar-refractivity contribution in [2.75, 3.05) is 0 Å². The molecule has 1 aromatic carbocycles. The van der Waals surface area contributed by atoms with Gasteiger partial charge in [0, 0.05) is 0 Å². The van der Waals surface area contributed by atoms with E-state index in [2.05, 4.69) is 0 Å². The highest BCUT2D eigenvalue weighted by Gasteiger charge is 2.27. The molecule has 1 aliphatic rings. The van der Waals surface area contributed by atoms with Crippen LogP contribution in [-0.4, -0.2) is 28.9 Å². The van der Waals surface area contributed by atoms with E-state index >= 15 is 0 Å². The van der Waals surface area contributed by atoms with Crippen molar-refractivity contribution in [3.05, 3.63) is 47.5 Å². The predicted octanol–water partition coefficient (Wildman–Crippen LogP) is 0.392. The summed E-state index contributed by atoms with van der Waals surface area (Å²) in [5.41, 5.74) is 0.732. The van der Waals surface area contributed by atoms with E-state index in [0.717, 1.165) is 10.5 Å². The number of benzene rings is 1. The number of nitrogens with one attached hydrogen (secondary N) is 1. The Kier molecular flexibility index (Phi) is 2.87. The first-order chi connectivity index (χ1) is 8.38. The van der Waals surface area contributed by atoms with Crippen LogP contribution in [0.15, 0.2) is 36.3 Å². The summed E-state index contributed by atoms with van der Waals surface area (Å²) < 4.78 is 25.8. The fourth-order valence-electron chi connectivity index (χ4n) is 1.49. The molecule has 0 saturated carbocycles. The average Bonchev–Trinajstić information content (AvgIpc) is 2.52. The van der Waals surface area contributed by atoms with E-state index in [9.17, 15) is 13.2 Å². The summed E-state index contributed by atoms with van der Waals surface area (Å²) in [4.78, 5) is 10.6. The van der Waals surface area contributed by atoms with Gasteiger partial charge in [0.2, 0.25) is 5.88 Å². The lowest BCUT2D eigenvalue weighted by Crippen LogP contribution is -2.29. The number of carbonyl (C=O) groups is 1. The van der Waals surface area contributed by atoms with Crippen LogP contribution in [0.5, 0.6) is 0 Å². The Bertz CT molecular complexity index is 606. The first kappa shape index (κ1) is 12.2. The number of rotatable bonds is 3. The third kappa shape index (κ3) is 2.38. The van der Waals surface area contributed by atoms with Gasteiger partial charge >= 0.3 is 16.2 Å². The highest BCUT2D eigenvalue weighted by atomic mass is 32.2. The van der Waals surface area contributed by atoms with Crippen LogP contribution in [0.1, 0.15) is 15.9 Å². The van der Waals surface area contributed by atoms with Crippen LogP contribution in [-0.2, 0) is 16.8 Å². The van der Waals surface area contributed by atoms with Gasteiger partial charge in [0.05, 0.1) is 18.3 Å². The maximum absolute atomic E-state index is 11.5. The second kappa shape index (κ2) is 4.22. The molecule has 0 aliphatic carbocycles. The molecule has 0 atom stereocenters. The molecule has 0 saturated heterocycles. The van der Waals surface area contributed by atoms with Gasteiger partial charge in [-0.3, -0.25) is 4.31 Å². The lowest BCUT2D eigenvalue weighted by Gasteiger charge is -2.13. The van der Waals surface area contributed by atoms with Crippen LogP contribution in [0.25, 0.3) is 0 Å². The molecule has 0 radical (unpaired) electrons. The van der Waals surface area contributed by atoms with E-state index in [4.69, 9.17) is 10.2 Å². The minimum atomic E-state index is -3.74. The van der Waals surface area contributed by atoms with Crippen molar-refractivity contribution in [3.8, 4) is 0 Å². The highest BCUT2D eigenvalue weighted by molar-refractivity contribution is 7.87. The SMILES string of the molecule is O=C(O)c1ccc(CN2C=C(O)NS2(=O)=O)cc1. The third-order valence-electron chi connectivity index (χ3n) is 2.35. The Labute approximate surface area is 103 Å². The lowest BCUT2D eigenvalue weighted by atomic mass is 10.1. The van der Waals surface area contributed by atoms with E-state index in [1.54, 1.807) is 0 Å². The Hall–Kier alpha value is -2.22. The van der Waals surface area contributed by atoms with Crippen molar-refractivity contribution < 1.29 is 23.4 Å². The second-order valence-corrected chi connectivity index (χ2v) is 5.29. The summed E-state index contributed by atoms with van der Waals surface area (Å²) in [5, 5.41) is 17.8. The number of aromatic carboxylic acids is 1. The molecular formula is C10H10N2O5S. The summed E-state index contributed by atoms with van der Waals surface area (Å²) in [6.45, 7) is 0.0132. The number of hydrogen-bond acceptors (Lipinski definition) is 4. The third-order valence-corrected chi connectivity index (χ3v) is 3.67. The smallest absolute Gasteiger partial charge is 0.335 e. The Morgan fingerprint density at radius 1 is 1.28 bits per heavy atom. The van der Waals surface area contributed by atoms with Crippen molar-refractivity contribution in [2.45, 2.75) is 6.54 Å². The molecule has 0 spiro atoms. The molecule has 1 aliphatic heterocycles. The molecular weight excluding hydrogens is 260 g/mol. The summed E-state index contributed by atoms with van der Waals surface area (Å²) >= 11 is 0. The number of aliphatic hydroxyl groups is 1. The van der Waals surface area contributed by atoms with Crippen LogP contribution >= 0.6 is 0 Å². The Morgan fingerprint density at radius 2 is 1.89 bits per heavy atom. The first-order valence-electron chi connectivity index (χ1n) is 4.91. The molecule has 0 fully saturated rings. The summed E-state index contributed by atoms with van der Waals surface area (Å²) in [6.07, 6.45) is 1.06. The first-order valence-corrected chi connectivity index (χ1v) is 6.35. The second-order valence-electron chi connectivity index (χ2n) is 3.67. The van der Waals surface area contributed by atoms with Gasteiger partial charge < -0.3 is 10.2 Å². The van der Waals surface area contributed by atoms with Crippen LogP contribution in [0.3, 0.4) is 0 Å². The number of hydrogen-bond donors (Lipinski definition) is 3. The van der Waals surface area contributed by atoms with Gasteiger partial charge in [-0.05, 0) is 17.7 Å². The molecule has 2 rings (SSSR count). The topological polar surface area (TPSA) is 107 Å². The maximum Gasteiger partial charge on any atom is 0.335 e. The van der Waals surface area contributed by atoms with Crippen molar-refractivity contribution in [2.24, 2.45) is 0 Å². The normalized spacial score (nSPS) is 17.1. The van der Waals surface area contributed by atoms with Crippen LogP contribution in [0.4, 0.5) is 0 Å². The Morgan fingerprint density at radius 3 is 2.33 bits per heavy atom. The van der Waals surface area contributed by atoms with Crippen molar-refractivity contribution >= 4 is 16.2 Å². The molecule has 1 aromatic rings. The van der Waals surface area contributed by atoms with Crippen molar-refractivity contribution in [3.63, 3.8) is 0 Å². The molecule has 3 N–H and O–H groups in total. The van der Waals surface area contributed by atoms with Crippen LogP contribution < -0.4 is 4.72 Å². The van der Waals surface area contributed by atoms with Gasteiger partial charge in [0.15, 0.2) is 0 Å². The largest absolute Gasteiger partial charge is 0.493 e. The Balaban J connectivity index is 2.17.